The largest absolute Gasteiger partial charge is 0.489 e. The molecule has 426 valence electrons. The minimum Gasteiger partial charge on any atom is -0.489 e. The molecule has 21 heteroatoms. The van der Waals surface area contributed by atoms with Crippen LogP contribution in [0.4, 0.5) is 19.0 Å². The predicted octanol–water partition coefficient (Wildman–Crippen LogP) is 6.94. The van der Waals surface area contributed by atoms with Crippen LogP contribution in [-0.2, 0) is 25.3 Å². The van der Waals surface area contributed by atoms with E-state index in [1.165, 1.54) is 11.0 Å². The molecule has 0 bridgehead atoms. The van der Waals surface area contributed by atoms with Gasteiger partial charge in [-0.15, -0.1) is 11.3 Å². The van der Waals surface area contributed by atoms with Gasteiger partial charge in [-0.2, -0.15) is 18.4 Å². The molecule has 1 saturated carbocycles. The first kappa shape index (κ1) is 59.0. The van der Waals surface area contributed by atoms with Crippen molar-refractivity contribution in [2.75, 3.05) is 83.4 Å². The quantitative estimate of drug-likeness (QED) is 0.0920. The Labute approximate surface area is 465 Å². The molecule has 79 heavy (non-hydrogen) atoms. The Bertz CT molecular complexity index is 2840. The first-order valence-electron chi connectivity index (χ1n) is 27.2. The number of amides is 3. The van der Waals surface area contributed by atoms with Gasteiger partial charge in [0.05, 0.1) is 57.5 Å². The third-order valence-corrected chi connectivity index (χ3v) is 17.1. The Morgan fingerprint density at radius 2 is 1.52 bits per heavy atom. The summed E-state index contributed by atoms with van der Waals surface area (Å²) in [5.74, 6) is -0.911. The Hall–Kier alpha value is -6.18. The molecule has 2 aromatic heterocycles. The SMILES string of the molecule is Cc1ncsc1-c1ccc([C@H](C)NC(=O)[C@@H]2C[C@@H](O)CN2C(=O)[C@@H](OC(=O)CN2CCN(CCCN3CCN(c4ccc(C(=O)NC5C(C)(C)C(Oc6ccc(C#N)c(C(F)(F)F)c6)C5(C)C)cn4)CC3)CC2)C(C)(C)C)cc1. The number of nitrogens with zero attached hydrogens (tertiary/aromatic N) is 8. The predicted molar refractivity (Wildman–Crippen MR) is 294 cm³/mol. The number of aromatic nitrogens is 2. The number of likely N-dealkylation sites (tertiary alicyclic amines) is 1. The number of rotatable bonds is 17. The van der Waals surface area contributed by atoms with Crippen molar-refractivity contribution in [1.82, 2.24) is 40.2 Å². The van der Waals surface area contributed by atoms with Gasteiger partial charge < -0.3 is 39.9 Å². The zero-order valence-corrected chi connectivity index (χ0v) is 47.5. The number of pyridine rings is 1. The summed E-state index contributed by atoms with van der Waals surface area (Å²) in [4.78, 5) is 75.5. The summed E-state index contributed by atoms with van der Waals surface area (Å²) in [5, 5.41) is 26.1. The summed E-state index contributed by atoms with van der Waals surface area (Å²) < 4.78 is 53.1. The van der Waals surface area contributed by atoms with Crippen LogP contribution in [0, 0.1) is 34.5 Å². The van der Waals surface area contributed by atoms with Gasteiger partial charge in [0.25, 0.3) is 11.8 Å². The lowest BCUT2D eigenvalue weighted by Crippen LogP contribution is -2.74. The number of carbonyl (C=O) groups is 4. The van der Waals surface area contributed by atoms with E-state index in [1.54, 1.807) is 29.7 Å². The maximum Gasteiger partial charge on any atom is 0.417 e. The number of aliphatic hydroxyl groups excluding tert-OH is 1. The van der Waals surface area contributed by atoms with Gasteiger partial charge in [0.1, 0.15) is 23.7 Å². The Kier molecular flexibility index (Phi) is 17.8. The topological polar surface area (TPSA) is 197 Å². The zero-order chi connectivity index (χ0) is 57.2. The van der Waals surface area contributed by atoms with E-state index in [4.69, 9.17) is 9.47 Å². The van der Waals surface area contributed by atoms with Crippen LogP contribution in [0.5, 0.6) is 5.75 Å². The van der Waals surface area contributed by atoms with Gasteiger partial charge in [0.15, 0.2) is 6.10 Å². The standard InChI is InChI=1S/C58H75F3N10O7S/c1-36(38-11-13-39(14-12-38)48-37(2)64-35-79-48)65-51(75)45-29-42(72)33-71(45)52(76)49(55(3,4)5)78-47(73)34-69-23-21-67(22-24-69)19-10-20-68-25-27-70(28-26-68)46-18-16-41(32-63-46)50(74)66-53-56(6,7)54(57(53,8)9)77-43-17-15-40(31-62)44(30-43)58(59,60)61/h11-18,30,32,35-36,42,45,49,53-54,72H,10,19-29,33-34H2,1-9H3,(H,65,75)(H,66,74)/t36-,42+,45-,49+,53?,54?/m0/s1. The van der Waals surface area contributed by atoms with E-state index in [0.717, 1.165) is 98.4 Å². The smallest absolute Gasteiger partial charge is 0.417 e. The minimum absolute atomic E-state index is 0.00541. The molecule has 4 atom stereocenters. The molecule has 17 nitrogen and oxygen atoms in total. The molecule has 3 aliphatic heterocycles. The maximum absolute atomic E-state index is 14.2. The molecule has 3 saturated heterocycles. The molecule has 8 rings (SSSR count). The van der Waals surface area contributed by atoms with Crippen molar-refractivity contribution in [3.8, 4) is 22.3 Å². The Morgan fingerprint density at radius 1 is 0.886 bits per heavy atom. The molecule has 5 heterocycles. The fourth-order valence-corrected chi connectivity index (χ4v) is 12.8. The van der Waals surface area contributed by atoms with Crippen molar-refractivity contribution in [3.05, 3.63) is 94.3 Å². The van der Waals surface area contributed by atoms with Crippen LogP contribution >= 0.6 is 11.3 Å². The lowest BCUT2D eigenvalue weighted by atomic mass is 9.49. The summed E-state index contributed by atoms with van der Waals surface area (Å²) in [7, 11) is 0. The number of hydrogen-bond donors (Lipinski definition) is 3. The number of nitrogens with one attached hydrogen (secondary N) is 2. The van der Waals surface area contributed by atoms with Crippen LogP contribution in [-0.4, -0.2) is 167 Å². The number of piperazine rings is 2. The molecule has 0 unspecified atom stereocenters. The zero-order valence-electron chi connectivity index (χ0n) is 46.7. The summed E-state index contributed by atoms with van der Waals surface area (Å²) in [5.41, 5.74) is 1.52. The second-order valence-corrected chi connectivity index (χ2v) is 24.7. The van der Waals surface area contributed by atoms with E-state index < -0.39 is 69.8 Å². The second kappa shape index (κ2) is 23.9. The molecule has 0 radical (unpaired) electrons. The lowest BCUT2D eigenvalue weighted by molar-refractivity contribution is -0.169. The number of hydrogen-bond acceptors (Lipinski definition) is 15. The van der Waals surface area contributed by atoms with Crippen molar-refractivity contribution in [1.29, 1.82) is 5.26 Å². The van der Waals surface area contributed by atoms with Gasteiger partial charge in [0, 0.05) is 93.8 Å². The number of halogens is 3. The number of aliphatic hydroxyl groups is 1. The van der Waals surface area contributed by atoms with E-state index in [1.807, 2.05) is 103 Å². The monoisotopic (exact) mass is 1110 g/mol. The third kappa shape index (κ3) is 13.5. The lowest BCUT2D eigenvalue weighted by Gasteiger charge is -2.63. The third-order valence-electron chi connectivity index (χ3n) is 16.2. The van der Waals surface area contributed by atoms with Crippen molar-refractivity contribution >= 4 is 40.8 Å². The van der Waals surface area contributed by atoms with Gasteiger partial charge in [-0.05, 0) is 74.8 Å². The molecule has 2 aromatic carbocycles. The molecule has 1 aliphatic carbocycles. The highest BCUT2D eigenvalue weighted by Crippen LogP contribution is 2.56. The van der Waals surface area contributed by atoms with Gasteiger partial charge >= 0.3 is 12.1 Å². The average molecular weight is 1110 g/mol. The number of esters is 1. The van der Waals surface area contributed by atoms with Crippen LogP contribution in [0.15, 0.2) is 66.3 Å². The van der Waals surface area contributed by atoms with Crippen molar-refractivity contribution in [3.63, 3.8) is 0 Å². The maximum atomic E-state index is 14.2. The van der Waals surface area contributed by atoms with Crippen LogP contribution < -0.4 is 20.3 Å². The molecule has 4 aromatic rings. The van der Waals surface area contributed by atoms with E-state index >= 15 is 0 Å². The Morgan fingerprint density at radius 3 is 2.09 bits per heavy atom. The summed E-state index contributed by atoms with van der Waals surface area (Å²) >= 11 is 1.57. The summed E-state index contributed by atoms with van der Waals surface area (Å²) in [6, 6.07) is 14.8. The number of ether oxygens (including phenoxy) is 2. The van der Waals surface area contributed by atoms with Gasteiger partial charge in [-0.3, -0.25) is 29.0 Å². The van der Waals surface area contributed by atoms with E-state index in [9.17, 15) is 42.7 Å². The van der Waals surface area contributed by atoms with Gasteiger partial charge in [-0.1, -0.05) is 72.7 Å². The molecule has 4 aliphatic rings. The highest BCUT2D eigenvalue weighted by molar-refractivity contribution is 7.13. The molecular formula is C58H75F3N10O7S. The van der Waals surface area contributed by atoms with E-state index in [-0.39, 0.29) is 49.2 Å². The van der Waals surface area contributed by atoms with Crippen LogP contribution in [0.3, 0.4) is 0 Å². The molecule has 3 amide bonds. The molecule has 4 fully saturated rings. The van der Waals surface area contributed by atoms with Crippen LogP contribution in [0.1, 0.15) is 107 Å². The number of anilines is 1. The average Bonchev–Trinajstić information content (AvgIpc) is 3.90. The van der Waals surface area contributed by atoms with Gasteiger partial charge in [-0.25, -0.2) is 9.97 Å². The van der Waals surface area contributed by atoms with Gasteiger partial charge in [0.2, 0.25) is 5.91 Å². The first-order chi connectivity index (χ1) is 37.2. The fourth-order valence-electron chi connectivity index (χ4n) is 12.0. The van der Waals surface area contributed by atoms with E-state index in [0.29, 0.717) is 18.7 Å². The van der Waals surface area contributed by atoms with E-state index in [2.05, 4.69) is 35.3 Å². The number of aryl methyl sites for hydroxylation is 1. The minimum atomic E-state index is -4.71. The fraction of sp³-hybridized carbons (Fsp3) is 0.569. The number of benzene rings is 2. The number of nitriles is 1. The van der Waals surface area contributed by atoms with Crippen molar-refractivity contribution in [2.24, 2.45) is 16.2 Å². The summed E-state index contributed by atoms with van der Waals surface area (Å²) in [6.45, 7) is 25.0. The normalized spacial score (nSPS) is 22.5. The molecule has 0 spiro atoms. The van der Waals surface area contributed by atoms with Crippen molar-refractivity contribution < 1.29 is 46.9 Å². The summed E-state index contributed by atoms with van der Waals surface area (Å²) in [6.07, 6.45) is -4.66. The molecule has 3 N–H and O–H groups in total. The number of carbonyl (C=O) groups excluding carboxylic acids is 4. The van der Waals surface area contributed by atoms with Crippen LogP contribution in [0.2, 0.25) is 0 Å². The highest BCUT2D eigenvalue weighted by atomic mass is 32.1. The second-order valence-electron chi connectivity index (χ2n) is 23.8. The first-order valence-corrected chi connectivity index (χ1v) is 28.1. The highest BCUT2D eigenvalue weighted by Gasteiger charge is 2.64. The number of β-amino-alcohol motifs (C(OH)–C–C–N with tert-alkyl or cyclic N) is 1. The number of alkyl halides is 3. The number of thiazole rings is 1. The Balaban J connectivity index is 0.731. The molecular weight excluding hydrogens is 1040 g/mol. The van der Waals surface area contributed by atoms with Crippen molar-refractivity contribution in [2.45, 2.75) is 118 Å². The van der Waals surface area contributed by atoms with Crippen LogP contribution in [0.25, 0.3) is 10.4 Å².